The molecule has 0 bridgehead atoms. The van der Waals surface area contributed by atoms with Crippen LogP contribution in [0.2, 0.25) is 5.02 Å². The molecule has 1 saturated heterocycles. The zero-order chi connectivity index (χ0) is 20.6. The van der Waals surface area contributed by atoms with Crippen LogP contribution in [0.15, 0.2) is 52.9 Å². The first-order valence-electron chi connectivity index (χ1n) is 9.22. The zero-order valence-electron chi connectivity index (χ0n) is 15.8. The van der Waals surface area contributed by atoms with Gasteiger partial charge in [0, 0.05) is 23.5 Å². The highest BCUT2D eigenvalue weighted by Gasteiger charge is 2.34. The highest BCUT2D eigenvalue weighted by molar-refractivity contribution is 7.91. The average molecular weight is 434 g/mol. The molecule has 2 heterocycles. The number of carbonyl (C=O) groups excluding carboxylic acids is 1. The summed E-state index contributed by atoms with van der Waals surface area (Å²) >= 11 is 6.23. The summed E-state index contributed by atoms with van der Waals surface area (Å²) in [6.07, 6.45) is 0.279. The number of carbonyl (C=O) groups is 1. The lowest BCUT2D eigenvalue weighted by Gasteiger charge is -2.19. The summed E-state index contributed by atoms with van der Waals surface area (Å²) in [5.41, 5.74) is 1.08. The summed E-state index contributed by atoms with van der Waals surface area (Å²) in [6, 6.07) is 14.0. The monoisotopic (exact) mass is 433 g/mol. The van der Waals surface area contributed by atoms with E-state index in [1.165, 1.54) is 12.0 Å². The fourth-order valence-electron chi connectivity index (χ4n) is 3.69. The third-order valence-electron chi connectivity index (χ3n) is 5.22. The van der Waals surface area contributed by atoms with E-state index in [1.807, 2.05) is 12.1 Å². The van der Waals surface area contributed by atoms with Crippen LogP contribution in [-0.2, 0) is 9.84 Å². The van der Waals surface area contributed by atoms with E-state index in [-0.39, 0.29) is 30.4 Å². The lowest BCUT2D eigenvalue weighted by molar-refractivity contribution is 0.0737. The predicted molar refractivity (Wildman–Crippen MR) is 111 cm³/mol. The number of sulfone groups is 1. The molecule has 152 valence electrons. The summed E-state index contributed by atoms with van der Waals surface area (Å²) in [5.74, 6) is 0.244. The molecule has 0 aliphatic carbocycles. The maximum Gasteiger partial charge on any atom is 0.289 e. The molecule has 1 aromatic heterocycles. The molecule has 8 heteroatoms. The minimum absolute atomic E-state index is 0.107. The van der Waals surface area contributed by atoms with E-state index in [4.69, 9.17) is 20.8 Å². The van der Waals surface area contributed by atoms with Gasteiger partial charge in [0.15, 0.2) is 26.9 Å². The molecule has 0 saturated carbocycles. The Balaban J connectivity index is 1.61. The Bertz CT molecular complexity index is 1170. The third-order valence-corrected chi connectivity index (χ3v) is 7.67. The van der Waals surface area contributed by atoms with Gasteiger partial charge in [-0.2, -0.15) is 0 Å². The van der Waals surface area contributed by atoms with Crippen LogP contribution >= 0.6 is 11.6 Å². The van der Waals surface area contributed by atoms with E-state index in [0.29, 0.717) is 28.5 Å². The van der Waals surface area contributed by atoms with E-state index in [9.17, 15) is 13.2 Å². The number of fused-ring (bicyclic) bond motifs is 1. The van der Waals surface area contributed by atoms with Crippen molar-refractivity contribution in [2.24, 2.45) is 0 Å². The Labute approximate surface area is 173 Å². The highest BCUT2D eigenvalue weighted by Crippen LogP contribution is 2.34. The molecule has 0 spiro atoms. The molecule has 1 amide bonds. The predicted octanol–water partition coefficient (Wildman–Crippen LogP) is 4.10. The minimum atomic E-state index is -3.45. The van der Waals surface area contributed by atoms with Crippen LogP contribution in [0.3, 0.4) is 0 Å². The van der Waals surface area contributed by atoms with Gasteiger partial charge >= 0.3 is 0 Å². The van der Waals surface area contributed by atoms with E-state index in [0.717, 1.165) is 5.39 Å². The first kappa shape index (κ1) is 19.8. The van der Waals surface area contributed by atoms with Gasteiger partial charge in [-0.3, -0.25) is 4.79 Å². The summed E-state index contributed by atoms with van der Waals surface area (Å²) in [7, 11) is -1.91. The Morgan fingerprint density at radius 2 is 1.97 bits per heavy atom. The van der Waals surface area contributed by atoms with Crippen molar-refractivity contribution in [3.63, 3.8) is 0 Å². The number of benzene rings is 2. The number of ether oxygens (including phenoxy) is 1. The molecule has 2 aromatic carbocycles. The van der Waals surface area contributed by atoms with E-state index < -0.39 is 15.1 Å². The van der Waals surface area contributed by atoms with Gasteiger partial charge in [-0.05, 0) is 30.2 Å². The summed E-state index contributed by atoms with van der Waals surface area (Å²) < 4.78 is 36.7. The molecule has 1 aliphatic heterocycles. The van der Waals surface area contributed by atoms with Crippen LogP contribution in [0.5, 0.6) is 5.75 Å². The second-order valence-corrected chi connectivity index (χ2v) is 9.66. The first-order valence-corrected chi connectivity index (χ1v) is 11.3. The minimum Gasteiger partial charge on any atom is -0.493 e. The molecule has 6 nitrogen and oxygen atoms in total. The smallest absolute Gasteiger partial charge is 0.289 e. The average Bonchev–Trinajstić information content (AvgIpc) is 3.08. The zero-order valence-corrected chi connectivity index (χ0v) is 17.4. The van der Waals surface area contributed by atoms with Crippen LogP contribution in [0.4, 0.5) is 0 Å². The van der Waals surface area contributed by atoms with Crippen LogP contribution < -0.4 is 4.74 Å². The van der Waals surface area contributed by atoms with Crippen molar-refractivity contribution in [3.05, 3.63) is 64.9 Å². The maximum atomic E-state index is 13.0. The molecule has 1 fully saturated rings. The van der Waals surface area contributed by atoms with Crippen molar-refractivity contribution < 1.29 is 22.4 Å². The first-order chi connectivity index (χ1) is 13.9. The van der Waals surface area contributed by atoms with Gasteiger partial charge in [-0.1, -0.05) is 41.9 Å². The Kier molecular flexibility index (Phi) is 5.27. The van der Waals surface area contributed by atoms with Gasteiger partial charge in [0.25, 0.3) is 5.91 Å². The fraction of sp³-hybridized carbons (Fsp3) is 0.286. The van der Waals surface area contributed by atoms with Gasteiger partial charge in [0.2, 0.25) is 0 Å². The largest absolute Gasteiger partial charge is 0.493 e. The van der Waals surface area contributed by atoms with Gasteiger partial charge in [-0.15, -0.1) is 0 Å². The number of furan rings is 1. The van der Waals surface area contributed by atoms with Gasteiger partial charge < -0.3 is 14.1 Å². The number of hydrogen-bond acceptors (Lipinski definition) is 5. The van der Waals surface area contributed by atoms with Crippen molar-refractivity contribution in [2.75, 3.05) is 26.0 Å². The fourth-order valence-corrected chi connectivity index (χ4v) is 5.84. The second kappa shape index (κ2) is 7.72. The third kappa shape index (κ3) is 3.72. The highest BCUT2D eigenvalue weighted by atomic mass is 35.5. The van der Waals surface area contributed by atoms with Gasteiger partial charge in [-0.25, -0.2) is 8.42 Å². The molecular weight excluding hydrogens is 414 g/mol. The van der Waals surface area contributed by atoms with Crippen LogP contribution in [0.1, 0.15) is 27.8 Å². The normalized spacial score (nSPS) is 19.1. The Hall–Kier alpha value is -2.51. The molecule has 4 rings (SSSR count). The van der Waals surface area contributed by atoms with Gasteiger partial charge in [0.05, 0.1) is 18.1 Å². The number of hydrogen-bond donors (Lipinski definition) is 0. The lowest BCUT2D eigenvalue weighted by atomic mass is 10.1. The van der Waals surface area contributed by atoms with Crippen molar-refractivity contribution in [1.82, 2.24) is 4.90 Å². The van der Waals surface area contributed by atoms with Crippen molar-refractivity contribution in [3.8, 4) is 5.75 Å². The molecule has 1 aliphatic rings. The summed E-state index contributed by atoms with van der Waals surface area (Å²) in [6.45, 7) is 0.401. The van der Waals surface area contributed by atoms with Crippen molar-refractivity contribution in [2.45, 2.75) is 11.7 Å². The SMILES string of the molecule is COc1cccc2cc(C(=O)N3CCC(c4ccccc4Cl)S(=O)(=O)CC3)oc12. The van der Waals surface area contributed by atoms with E-state index >= 15 is 0 Å². The number of methoxy groups -OCH3 is 1. The van der Waals surface area contributed by atoms with Crippen molar-refractivity contribution in [1.29, 1.82) is 0 Å². The lowest BCUT2D eigenvalue weighted by Crippen LogP contribution is -2.33. The van der Waals surface area contributed by atoms with E-state index in [2.05, 4.69) is 0 Å². The van der Waals surface area contributed by atoms with Crippen LogP contribution in [0, 0.1) is 0 Å². The number of halogens is 1. The number of nitrogens with zero attached hydrogens (tertiary/aromatic N) is 1. The van der Waals surface area contributed by atoms with Crippen molar-refractivity contribution >= 4 is 38.3 Å². The number of para-hydroxylation sites is 1. The van der Waals surface area contributed by atoms with Gasteiger partial charge in [0.1, 0.15) is 0 Å². The Morgan fingerprint density at radius 1 is 1.17 bits per heavy atom. The topological polar surface area (TPSA) is 76.8 Å². The number of amides is 1. The molecular formula is C21H20ClNO5S. The molecule has 1 atom stereocenters. The second-order valence-electron chi connectivity index (χ2n) is 6.95. The molecule has 1 unspecified atom stereocenters. The quantitative estimate of drug-likeness (QED) is 0.621. The molecule has 0 N–H and O–H groups in total. The molecule has 29 heavy (non-hydrogen) atoms. The summed E-state index contributed by atoms with van der Waals surface area (Å²) in [4.78, 5) is 14.5. The number of rotatable bonds is 3. The van der Waals surface area contributed by atoms with Crippen LogP contribution in [-0.4, -0.2) is 45.2 Å². The van der Waals surface area contributed by atoms with E-state index in [1.54, 1.807) is 36.4 Å². The maximum absolute atomic E-state index is 13.0. The summed E-state index contributed by atoms with van der Waals surface area (Å²) in [5, 5.41) is 0.444. The molecule has 3 aromatic rings. The van der Waals surface area contributed by atoms with Crippen LogP contribution in [0.25, 0.3) is 11.0 Å². The molecule has 0 radical (unpaired) electrons. The Morgan fingerprint density at radius 3 is 2.72 bits per heavy atom. The standard InChI is InChI=1S/C21H20ClNO5S/c1-27-17-8-4-5-14-13-18(28-20(14)17)21(24)23-10-9-19(29(25,26)12-11-23)15-6-2-3-7-16(15)22/h2-8,13,19H,9-12H2,1H3.